The number of benzene rings is 4. The van der Waals surface area contributed by atoms with Crippen molar-refractivity contribution < 1.29 is 4.74 Å². The molecule has 0 aliphatic rings. The Bertz CT molecular complexity index is 2430. The predicted octanol–water partition coefficient (Wildman–Crippen LogP) is 12.9. The van der Waals surface area contributed by atoms with Gasteiger partial charge in [0.05, 0.1) is 28.1 Å². The van der Waals surface area contributed by atoms with Crippen LogP contribution in [0.25, 0.3) is 44.4 Å². The molecule has 4 aromatic carbocycles. The second kappa shape index (κ2) is 14.7. The topological polar surface area (TPSA) is 44.9 Å². The second-order valence-electron chi connectivity index (χ2n) is 15.9. The van der Waals surface area contributed by atoms with Crippen molar-refractivity contribution in [3.05, 3.63) is 130 Å². The smallest absolute Gasteiger partial charge is 0.137 e. The van der Waals surface area contributed by atoms with Crippen LogP contribution in [0.1, 0.15) is 85.3 Å². The van der Waals surface area contributed by atoms with E-state index in [1.807, 2.05) is 18.3 Å². The van der Waals surface area contributed by atoms with Crippen molar-refractivity contribution >= 4 is 21.8 Å². The molecule has 0 unspecified atom stereocenters. The maximum Gasteiger partial charge on any atom is 0.137 e. The molecule has 0 saturated carbocycles. The Kier molecular flexibility index (Phi) is 10.0. The Morgan fingerprint density at radius 1 is 0.604 bits per heavy atom. The third-order valence-corrected chi connectivity index (χ3v) is 11.3. The minimum absolute atomic E-state index is 0.573. The molecular weight excluding hydrogens is 649 g/mol. The number of aromatic nitrogens is 4. The summed E-state index contributed by atoms with van der Waals surface area (Å²) >= 11 is 0. The highest BCUT2D eigenvalue weighted by atomic mass is 16.5. The molecular formula is C48H54N4O. The summed E-state index contributed by atoms with van der Waals surface area (Å²) in [5.74, 6) is 3.62. The van der Waals surface area contributed by atoms with Gasteiger partial charge in [0.2, 0.25) is 0 Å². The van der Waals surface area contributed by atoms with Crippen LogP contribution in [0.4, 0.5) is 0 Å². The average Bonchev–Trinajstić information content (AvgIpc) is 3.66. The SMILES string of the molecule is Cc1ccnc(-n2c3ccccc3c3ccc(Oc4cccc(-n5nc(CCC(C)C)c(-c6c(C)c(C)c(C)c(C)c6C)c5CCC(C)C)c4)cc32)c1. The molecule has 7 rings (SSSR count). The number of ether oxygens (including phenoxy) is 1. The molecule has 0 bridgehead atoms. The molecule has 0 fully saturated rings. The number of pyridine rings is 1. The van der Waals surface area contributed by atoms with Crippen molar-refractivity contribution in [2.24, 2.45) is 11.8 Å². The summed E-state index contributed by atoms with van der Waals surface area (Å²) in [5.41, 5.74) is 16.5. The highest BCUT2D eigenvalue weighted by molar-refractivity contribution is 6.09. The van der Waals surface area contributed by atoms with Crippen molar-refractivity contribution in [3.8, 4) is 34.1 Å². The number of aryl methyl sites for hydroxylation is 2. The van der Waals surface area contributed by atoms with Gasteiger partial charge < -0.3 is 4.74 Å². The van der Waals surface area contributed by atoms with E-state index in [0.717, 1.165) is 59.7 Å². The normalized spacial score (nSPS) is 11.8. The van der Waals surface area contributed by atoms with Crippen LogP contribution in [0.5, 0.6) is 11.5 Å². The fourth-order valence-electron chi connectivity index (χ4n) is 7.86. The Morgan fingerprint density at radius 3 is 1.98 bits per heavy atom. The van der Waals surface area contributed by atoms with Crippen LogP contribution in [-0.2, 0) is 12.8 Å². The quantitative estimate of drug-likeness (QED) is 0.135. The summed E-state index contributed by atoms with van der Waals surface area (Å²) in [7, 11) is 0. The molecule has 0 N–H and O–H groups in total. The third kappa shape index (κ3) is 6.90. The molecule has 0 saturated heterocycles. The van der Waals surface area contributed by atoms with E-state index in [0.29, 0.717) is 11.8 Å². The first kappa shape index (κ1) is 36.2. The van der Waals surface area contributed by atoms with Gasteiger partial charge in [-0.05, 0) is 160 Å². The minimum atomic E-state index is 0.573. The first-order valence-electron chi connectivity index (χ1n) is 19.4. The van der Waals surface area contributed by atoms with Crippen molar-refractivity contribution in [1.82, 2.24) is 19.3 Å². The molecule has 0 aliphatic carbocycles. The zero-order chi connectivity index (χ0) is 37.6. The van der Waals surface area contributed by atoms with Gasteiger partial charge in [0.25, 0.3) is 0 Å². The lowest BCUT2D eigenvalue weighted by Gasteiger charge is -2.21. The van der Waals surface area contributed by atoms with Crippen LogP contribution in [0.2, 0.25) is 0 Å². The number of rotatable bonds is 11. The van der Waals surface area contributed by atoms with E-state index in [4.69, 9.17) is 14.8 Å². The van der Waals surface area contributed by atoms with Gasteiger partial charge in [0.1, 0.15) is 17.3 Å². The molecule has 0 spiro atoms. The molecule has 7 aromatic rings. The molecule has 0 radical (unpaired) electrons. The van der Waals surface area contributed by atoms with Gasteiger partial charge in [-0.15, -0.1) is 0 Å². The lowest BCUT2D eigenvalue weighted by Crippen LogP contribution is -2.06. The lowest BCUT2D eigenvalue weighted by molar-refractivity contribution is 0.482. The zero-order valence-corrected chi connectivity index (χ0v) is 33.3. The molecule has 0 aliphatic heterocycles. The molecule has 0 atom stereocenters. The van der Waals surface area contributed by atoms with Gasteiger partial charge >= 0.3 is 0 Å². The Morgan fingerprint density at radius 2 is 1.26 bits per heavy atom. The lowest BCUT2D eigenvalue weighted by atomic mass is 9.84. The van der Waals surface area contributed by atoms with Gasteiger partial charge in [-0.25, -0.2) is 9.67 Å². The third-order valence-electron chi connectivity index (χ3n) is 11.3. The van der Waals surface area contributed by atoms with Crippen molar-refractivity contribution in [2.45, 2.75) is 94.9 Å². The maximum atomic E-state index is 6.71. The standard InChI is InChI=1S/C48H54N4O/c1-29(2)18-22-42-48(47-35(9)33(7)32(6)34(8)36(47)10)44(23-19-30(3)4)52(50-42)37-14-13-15-38(27-37)53-39-20-21-41-40-16-11-12-17-43(40)51(45(41)28-39)46-26-31(5)24-25-49-46/h11-17,20-21,24-30H,18-19,22-23H2,1-10H3. The van der Waals surface area contributed by atoms with Crippen molar-refractivity contribution in [2.75, 3.05) is 0 Å². The van der Waals surface area contributed by atoms with Gasteiger partial charge in [0, 0.05) is 34.7 Å². The first-order chi connectivity index (χ1) is 25.4. The number of nitrogens with zero attached hydrogens (tertiary/aromatic N) is 4. The number of hydrogen-bond donors (Lipinski definition) is 0. The van der Waals surface area contributed by atoms with E-state index in [9.17, 15) is 0 Å². The van der Waals surface area contributed by atoms with Gasteiger partial charge in [-0.1, -0.05) is 52.0 Å². The fourth-order valence-corrected chi connectivity index (χ4v) is 7.86. The fraction of sp³-hybridized carbons (Fsp3) is 0.333. The molecule has 272 valence electrons. The van der Waals surface area contributed by atoms with Gasteiger partial charge in [-0.2, -0.15) is 5.10 Å². The molecule has 0 amide bonds. The van der Waals surface area contributed by atoms with Crippen molar-refractivity contribution in [3.63, 3.8) is 0 Å². The summed E-state index contributed by atoms with van der Waals surface area (Å²) in [4.78, 5) is 4.77. The number of para-hydroxylation sites is 1. The molecule has 3 aromatic heterocycles. The maximum absolute atomic E-state index is 6.71. The van der Waals surface area contributed by atoms with Crippen LogP contribution in [0, 0.1) is 53.4 Å². The van der Waals surface area contributed by atoms with Gasteiger partial charge in [-0.3, -0.25) is 4.57 Å². The highest BCUT2D eigenvalue weighted by Gasteiger charge is 2.26. The van der Waals surface area contributed by atoms with Crippen LogP contribution in [-0.4, -0.2) is 19.3 Å². The molecule has 53 heavy (non-hydrogen) atoms. The van der Waals surface area contributed by atoms with Gasteiger partial charge in [0.15, 0.2) is 0 Å². The zero-order valence-electron chi connectivity index (χ0n) is 33.3. The average molecular weight is 703 g/mol. The van der Waals surface area contributed by atoms with Crippen LogP contribution >= 0.6 is 0 Å². The summed E-state index contributed by atoms with van der Waals surface area (Å²) in [6, 6.07) is 27.5. The first-order valence-corrected chi connectivity index (χ1v) is 19.4. The minimum Gasteiger partial charge on any atom is -0.457 e. The predicted molar refractivity (Wildman–Crippen MR) is 222 cm³/mol. The molecule has 3 heterocycles. The van der Waals surface area contributed by atoms with E-state index in [1.54, 1.807) is 0 Å². The van der Waals surface area contributed by atoms with Crippen LogP contribution in [0.3, 0.4) is 0 Å². The van der Waals surface area contributed by atoms with Crippen LogP contribution in [0.15, 0.2) is 85.1 Å². The number of fused-ring (bicyclic) bond motifs is 3. The summed E-state index contributed by atoms with van der Waals surface area (Å²) in [5, 5.41) is 7.85. The number of hydrogen-bond acceptors (Lipinski definition) is 3. The van der Waals surface area contributed by atoms with E-state index >= 15 is 0 Å². The van der Waals surface area contributed by atoms with E-state index in [1.165, 1.54) is 66.7 Å². The van der Waals surface area contributed by atoms with E-state index in [2.05, 4.69) is 145 Å². The Labute approximate surface area is 315 Å². The Hall–Kier alpha value is -5.16. The highest BCUT2D eigenvalue weighted by Crippen LogP contribution is 2.41. The largest absolute Gasteiger partial charge is 0.457 e. The molecule has 5 nitrogen and oxygen atoms in total. The van der Waals surface area contributed by atoms with E-state index in [-0.39, 0.29) is 0 Å². The Balaban J connectivity index is 1.35. The monoisotopic (exact) mass is 702 g/mol. The molecule has 5 heteroatoms. The van der Waals surface area contributed by atoms with Crippen LogP contribution < -0.4 is 4.74 Å². The summed E-state index contributed by atoms with van der Waals surface area (Å²) in [6.07, 6.45) is 5.96. The second-order valence-corrected chi connectivity index (χ2v) is 15.9. The summed E-state index contributed by atoms with van der Waals surface area (Å²) < 4.78 is 11.2. The summed E-state index contributed by atoms with van der Waals surface area (Å²) in [6.45, 7) is 22.8. The van der Waals surface area contributed by atoms with Crippen molar-refractivity contribution in [1.29, 1.82) is 0 Å². The van der Waals surface area contributed by atoms with E-state index < -0.39 is 0 Å².